The van der Waals surface area contributed by atoms with Gasteiger partial charge in [0.25, 0.3) is 0 Å². The van der Waals surface area contributed by atoms with Gasteiger partial charge in [0.15, 0.2) is 0 Å². The third kappa shape index (κ3) is 3.81. The number of hydrogen-bond donors (Lipinski definition) is 1. The van der Waals surface area contributed by atoms with E-state index in [0.29, 0.717) is 5.92 Å². The molecule has 1 amide bonds. The Kier molecular flexibility index (Phi) is 5.73. The molecule has 2 atom stereocenters. The second-order valence-electron chi connectivity index (χ2n) is 5.60. The van der Waals surface area contributed by atoms with Gasteiger partial charge in [0, 0.05) is 26.1 Å². The largest absolute Gasteiger partial charge is 0.342 e. The lowest BCUT2D eigenvalue weighted by Gasteiger charge is -2.32. The Morgan fingerprint density at radius 1 is 1.43 bits per heavy atom. The number of carbonyl (C=O) groups excluding carboxylic acids is 1. The minimum Gasteiger partial charge on any atom is -0.342 e. The Bertz CT molecular complexity index is 455. The highest BCUT2D eigenvalue weighted by Gasteiger charge is 2.29. The summed E-state index contributed by atoms with van der Waals surface area (Å²) in [4.78, 5) is 18.7. The van der Waals surface area contributed by atoms with Crippen LogP contribution in [0.2, 0.25) is 0 Å². The smallest absolute Gasteiger partial charge is 0.239 e. The van der Waals surface area contributed by atoms with Crippen molar-refractivity contribution in [3.63, 3.8) is 0 Å². The SMILES string of the molecule is CCN(CC)C(=O)C1CC(Cc2ncnn2CC)CCN1. The molecule has 1 aromatic heterocycles. The maximum absolute atomic E-state index is 12.5. The van der Waals surface area contributed by atoms with Crippen molar-refractivity contribution in [2.24, 2.45) is 5.92 Å². The van der Waals surface area contributed by atoms with E-state index in [0.717, 1.165) is 51.3 Å². The predicted molar refractivity (Wildman–Crippen MR) is 81.8 cm³/mol. The van der Waals surface area contributed by atoms with Crippen LogP contribution in [-0.2, 0) is 17.8 Å². The Hall–Kier alpha value is -1.43. The quantitative estimate of drug-likeness (QED) is 0.852. The van der Waals surface area contributed by atoms with Gasteiger partial charge in [-0.2, -0.15) is 5.10 Å². The van der Waals surface area contributed by atoms with Gasteiger partial charge in [-0.15, -0.1) is 0 Å². The van der Waals surface area contributed by atoms with E-state index in [4.69, 9.17) is 0 Å². The zero-order valence-corrected chi connectivity index (χ0v) is 13.4. The minimum atomic E-state index is -0.0401. The summed E-state index contributed by atoms with van der Waals surface area (Å²) in [6, 6.07) is -0.0401. The van der Waals surface area contributed by atoms with E-state index in [1.54, 1.807) is 6.33 Å². The molecule has 2 unspecified atom stereocenters. The second-order valence-corrected chi connectivity index (χ2v) is 5.60. The van der Waals surface area contributed by atoms with Gasteiger partial charge in [-0.25, -0.2) is 4.98 Å². The van der Waals surface area contributed by atoms with Crippen LogP contribution >= 0.6 is 0 Å². The summed E-state index contributed by atoms with van der Waals surface area (Å²) in [5.74, 6) is 1.78. The average molecular weight is 293 g/mol. The lowest BCUT2D eigenvalue weighted by Crippen LogP contribution is -2.50. The van der Waals surface area contributed by atoms with Crippen LogP contribution in [0.5, 0.6) is 0 Å². The molecule has 6 heteroatoms. The molecule has 0 bridgehead atoms. The van der Waals surface area contributed by atoms with Gasteiger partial charge < -0.3 is 10.2 Å². The van der Waals surface area contributed by atoms with Crippen molar-refractivity contribution in [3.05, 3.63) is 12.2 Å². The Morgan fingerprint density at radius 2 is 2.19 bits per heavy atom. The summed E-state index contributed by atoms with van der Waals surface area (Å²) in [7, 11) is 0. The van der Waals surface area contributed by atoms with E-state index in [2.05, 4.69) is 22.3 Å². The Morgan fingerprint density at radius 3 is 2.86 bits per heavy atom. The Balaban J connectivity index is 1.96. The molecule has 2 rings (SSSR count). The van der Waals surface area contributed by atoms with Crippen LogP contribution in [0.1, 0.15) is 39.4 Å². The van der Waals surface area contributed by atoms with Crippen molar-refractivity contribution in [1.29, 1.82) is 0 Å². The molecule has 6 nitrogen and oxygen atoms in total. The fourth-order valence-electron chi connectivity index (χ4n) is 3.09. The topological polar surface area (TPSA) is 63.1 Å². The van der Waals surface area contributed by atoms with Crippen molar-refractivity contribution in [2.75, 3.05) is 19.6 Å². The van der Waals surface area contributed by atoms with Crippen molar-refractivity contribution >= 4 is 5.91 Å². The summed E-state index contributed by atoms with van der Waals surface area (Å²) in [5, 5.41) is 7.60. The highest BCUT2D eigenvalue weighted by molar-refractivity contribution is 5.82. The number of aromatic nitrogens is 3. The van der Waals surface area contributed by atoms with Crippen molar-refractivity contribution in [2.45, 2.75) is 52.6 Å². The van der Waals surface area contributed by atoms with Gasteiger partial charge in [-0.05, 0) is 46.1 Å². The van der Waals surface area contributed by atoms with Crippen LogP contribution in [0.4, 0.5) is 0 Å². The number of carbonyl (C=O) groups is 1. The van der Waals surface area contributed by atoms with E-state index in [-0.39, 0.29) is 11.9 Å². The summed E-state index contributed by atoms with van der Waals surface area (Å²) in [6.07, 6.45) is 4.53. The van der Waals surface area contributed by atoms with Crippen molar-refractivity contribution in [1.82, 2.24) is 25.0 Å². The van der Waals surface area contributed by atoms with Crippen LogP contribution in [0.15, 0.2) is 6.33 Å². The molecule has 0 aromatic carbocycles. The third-order valence-electron chi connectivity index (χ3n) is 4.35. The molecular weight excluding hydrogens is 266 g/mol. The minimum absolute atomic E-state index is 0.0401. The average Bonchev–Trinajstić information content (AvgIpc) is 2.96. The fourth-order valence-corrected chi connectivity index (χ4v) is 3.09. The van der Waals surface area contributed by atoms with Gasteiger partial charge in [0.2, 0.25) is 5.91 Å². The van der Waals surface area contributed by atoms with Crippen LogP contribution in [-0.4, -0.2) is 51.2 Å². The molecule has 0 saturated carbocycles. The first-order chi connectivity index (χ1) is 10.2. The molecule has 1 fully saturated rings. The first kappa shape index (κ1) is 15.9. The molecule has 118 valence electrons. The van der Waals surface area contributed by atoms with Gasteiger partial charge in [-0.1, -0.05) is 0 Å². The number of amides is 1. The highest BCUT2D eigenvalue weighted by atomic mass is 16.2. The summed E-state index contributed by atoms with van der Waals surface area (Å²) < 4.78 is 1.95. The standard InChI is InChI=1S/C15H27N5O/c1-4-19(5-2)15(21)13-9-12(7-8-16-13)10-14-17-11-18-20(14)6-3/h11-13,16H,4-10H2,1-3H3. The van der Waals surface area contributed by atoms with E-state index < -0.39 is 0 Å². The van der Waals surface area contributed by atoms with Crippen LogP contribution < -0.4 is 5.32 Å². The molecule has 21 heavy (non-hydrogen) atoms. The molecule has 1 aromatic rings. The number of aryl methyl sites for hydroxylation is 1. The highest BCUT2D eigenvalue weighted by Crippen LogP contribution is 2.21. The molecule has 2 heterocycles. The van der Waals surface area contributed by atoms with Crippen molar-refractivity contribution < 1.29 is 4.79 Å². The van der Waals surface area contributed by atoms with Gasteiger partial charge in [-0.3, -0.25) is 9.48 Å². The molecule has 1 N–H and O–H groups in total. The van der Waals surface area contributed by atoms with Crippen LogP contribution in [0, 0.1) is 5.92 Å². The fraction of sp³-hybridized carbons (Fsp3) is 0.800. The third-order valence-corrected chi connectivity index (χ3v) is 4.35. The van der Waals surface area contributed by atoms with Gasteiger partial charge in [0.05, 0.1) is 6.04 Å². The summed E-state index contributed by atoms with van der Waals surface area (Å²) in [5.41, 5.74) is 0. The molecule has 0 spiro atoms. The van der Waals surface area contributed by atoms with Gasteiger partial charge >= 0.3 is 0 Å². The van der Waals surface area contributed by atoms with E-state index in [1.807, 2.05) is 23.4 Å². The number of piperidine rings is 1. The molecule has 1 aliphatic rings. The first-order valence-electron chi connectivity index (χ1n) is 8.08. The molecular formula is C15H27N5O. The Labute approximate surface area is 126 Å². The van der Waals surface area contributed by atoms with E-state index >= 15 is 0 Å². The number of hydrogen-bond acceptors (Lipinski definition) is 4. The summed E-state index contributed by atoms with van der Waals surface area (Å²) in [6.45, 7) is 9.46. The second kappa shape index (κ2) is 7.54. The van der Waals surface area contributed by atoms with Crippen molar-refractivity contribution in [3.8, 4) is 0 Å². The predicted octanol–water partition coefficient (Wildman–Crippen LogP) is 1.08. The van der Waals surface area contributed by atoms with E-state index in [1.165, 1.54) is 0 Å². The number of rotatable bonds is 6. The zero-order valence-electron chi connectivity index (χ0n) is 13.4. The zero-order chi connectivity index (χ0) is 15.2. The molecule has 1 aliphatic heterocycles. The van der Waals surface area contributed by atoms with Crippen LogP contribution in [0.3, 0.4) is 0 Å². The monoisotopic (exact) mass is 293 g/mol. The summed E-state index contributed by atoms with van der Waals surface area (Å²) >= 11 is 0. The van der Waals surface area contributed by atoms with Gasteiger partial charge in [0.1, 0.15) is 12.2 Å². The van der Waals surface area contributed by atoms with Crippen LogP contribution in [0.25, 0.3) is 0 Å². The number of nitrogens with zero attached hydrogens (tertiary/aromatic N) is 4. The number of nitrogens with one attached hydrogen (secondary N) is 1. The lowest BCUT2D eigenvalue weighted by atomic mass is 9.89. The number of likely N-dealkylation sites (N-methyl/N-ethyl adjacent to an activating group) is 1. The maximum Gasteiger partial charge on any atom is 0.239 e. The van der Waals surface area contributed by atoms with E-state index in [9.17, 15) is 4.79 Å². The molecule has 0 radical (unpaired) electrons. The first-order valence-corrected chi connectivity index (χ1v) is 8.08. The normalized spacial score (nSPS) is 22.2. The lowest BCUT2D eigenvalue weighted by molar-refractivity contribution is -0.134. The molecule has 0 aliphatic carbocycles. The maximum atomic E-state index is 12.5. The molecule has 1 saturated heterocycles.